The van der Waals surface area contributed by atoms with Crippen LogP contribution in [0.5, 0.6) is 0 Å². The molecule has 0 fully saturated rings. The molecule has 0 aliphatic rings. The van der Waals surface area contributed by atoms with Gasteiger partial charge in [0.2, 0.25) is 0 Å². The Morgan fingerprint density at radius 2 is 1.70 bits per heavy atom. The van der Waals surface area contributed by atoms with Crippen molar-refractivity contribution < 1.29 is 0 Å². The molecule has 0 aliphatic carbocycles. The second-order valence-corrected chi connectivity index (χ2v) is 1.92. The van der Waals surface area contributed by atoms with E-state index in [4.69, 9.17) is 10.5 Å². The molecule has 0 aromatic rings. The third kappa shape index (κ3) is 6.94. The molecule has 1 N–H and O–H groups in total. The molecule has 3 nitrogen and oxygen atoms in total. The number of hydrogen-bond donors (Lipinski definition) is 1. The van der Waals surface area contributed by atoms with Crippen LogP contribution in [0.3, 0.4) is 0 Å². The van der Waals surface area contributed by atoms with E-state index in [-0.39, 0.29) is 0 Å². The fourth-order valence-electron chi connectivity index (χ4n) is 0.562. The first kappa shape index (κ1) is 8.94. The van der Waals surface area contributed by atoms with Crippen LogP contribution in [-0.4, -0.2) is 13.1 Å². The van der Waals surface area contributed by atoms with Crippen LogP contribution >= 0.6 is 0 Å². The Morgan fingerprint density at radius 3 is 2.30 bits per heavy atom. The largest absolute Gasteiger partial charge is 0.316 e. The van der Waals surface area contributed by atoms with Crippen LogP contribution in [0.25, 0.3) is 0 Å². The van der Waals surface area contributed by atoms with Gasteiger partial charge in [0.25, 0.3) is 0 Å². The Balaban J connectivity index is 2.80. The lowest BCUT2D eigenvalue weighted by molar-refractivity contribution is 0.663. The van der Waals surface area contributed by atoms with Gasteiger partial charge in [0.15, 0.2) is 0 Å². The molecule has 0 spiro atoms. The Bertz CT molecular complexity index is 122. The number of hydrogen-bond acceptors (Lipinski definition) is 3. The molecule has 54 valence electrons. The van der Waals surface area contributed by atoms with Crippen LogP contribution in [0, 0.1) is 22.7 Å². The zero-order chi connectivity index (χ0) is 7.66. The van der Waals surface area contributed by atoms with Crippen molar-refractivity contribution in [2.75, 3.05) is 13.1 Å². The van der Waals surface area contributed by atoms with Crippen molar-refractivity contribution in [3.63, 3.8) is 0 Å². The maximum Gasteiger partial charge on any atom is 0.0635 e. The first-order valence-corrected chi connectivity index (χ1v) is 3.36. The van der Waals surface area contributed by atoms with Gasteiger partial charge in [-0.2, -0.15) is 10.5 Å². The minimum absolute atomic E-state index is 0.548. The lowest BCUT2D eigenvalue weighted by atomic mass is 10.3. The summed E-state index contributed by atoms with van der Waals surface area (Å²) in [5.74, 6) is 0. The molecule has 0 bridgehead atoms. The van der Waals surface area contributed by atoms with Crippen molar-refractivity contribution in [2.24, 2.45) is 0 Å². The lowest BCUT2D eigenvalue weighted by Gasteiger charge is -1.96. The number of rotatable bonds is 5. The summed E-state index contributed by atoms with van der Waals surface area (Å²) in [6.45, 7) is 1.58. The predicted octanol–water partition coefficient (Wildman–Crippen LogP) is 0.793. The number of unbranched alkanes of at least 4 members (excludes halogenated alkanes) is 1. The summed E-state index contributed by atoms with van der Waals surface area (Å²) < 4.78 is 0. The molecular weight excluding hydrogens is 126 g/mol. The van der Waals surface area contributed by atoms with Gasteiger partial charge in [0.05, 0.1) is 12.1 Å². The molecule has 0 radical (unpaired) electrons. The van der Waals surface area contributed by atoms with Crippen molar-refractivity contribution in [2.45, 2.75) is 19.3 Å². The minimum Gasteiger partial charge on any atom is -0.316 e. The van der Waals surface area contributed by atoms with Crippen LogP contribution in [-0.2, 0) is 0 Å². The van der Waals surface area contributed by atoms with Crippen molar-refractivity contribution in [1.82, 2.24) is 5.32 Å². The van der Waals surface area contributed by atoms with Gasteiger partial charge in [-0.3, -0.25) is 0 Å². The SMILES string of the molecule is N#CCCCNCCC#N. The van der Waals surface area contributed by atoms with Crippen LogP contribution in [0.4, 0.5) is 0 Å². The van der Waals surface area contributed by atoms with Crippen LogP contribution in [0.1, 0.15) is 19.3 Å². The molecule has 0 saturated carbocycles. The minimum atomic E-state index is 0.548. The molecule has 0 rings (SSSR count). The van der Waals surface area contributed by atoms with Crippen molar-refractivity contribution >= 4 is 0 Å². The van der Waals surface area contributed by atoms with E-state index in [9.17, 15) is 0 Å². The normalized spacial score (nSPS) is 8.20. The topological polar surface area (TPSA) is 59.6 Å². The standard InChI is InChI=1S/C7H11N3/c8-4-1-2-6-10-7-3-5-9/h10H,1-3,6-7H2. The molecular formula is C7H11N3. The smallest absolute Gasteiger partial charge is 0.0635 e. The molecule has 0 aromatic carbocycles. The summed E-state index contributed by atoms with van der Waals surface area (Å²) in [6, 6.07) is 4.08. The number of nitriles is 2. The summed E-state index contributed by atoms with van der Waals surface area (Å²) in [4.78, 5) is 0. The fourth-order valence-corrected chi connectivity index (χ4v) is 0.562. The molecule has 10 heavy (non-hydrogen) atoms. The third-order valence-electron chi connectivity index (χ3n) is 1.06. The zero-order valence-electron chi connectivity index (χ0n) is 5.93. The van der Waals surface area contributed by atoms with Crippen LogP contribution in [0.2, 0.25) is 0 Å². The van der Waals surface area contributed by atoms with E-state index in [0.29, 0.717) is 12.8 Å². The summed E-state index contributed by atoms with van der Waals surface area (Å²) >= 11 is 0. The maximum absolute atomic E-state index is 8.14. The fraction of sp³-hybridized carbons (Fsp3) is 0.714. The molecule has 0 saturated heterocycles. The van der Waals surface area contributed by atoms with Gasteiger partial charge in [-0.1, -0.05) is 0 Å². The summed E-state index contributed by atoms with van der Waals surface area (Å²) in [6.07, 6.45) is 2.02. The van der Waals surface area contributed by atoms with E-state index in [0.717, 1.165) is 19.5 Å². The van der Waals surface area contributed by atoms with Gasteiger partial charge in [-0.15, -0.1) is 0 Å². The molecule has 3 heteroatoms. The Hall–Kier alpha value is -1.06. The van der Waals surface area contributed by atoms with Gasteiger partial charge in [0, 0.05) is 19.4 Å². The van der Waals surface area contributed by atoms with E-state index in [1.165, 1.54) is 0 Å². The van der Waals surface area contributed by atoms with Gasteiger partial charge < -0.3 is 5.32 Å². The highest BCUT2D eigenvalue weighted by molar-refractivity contribution is 4.71. The van der Waals surface area contributed by atoms with Crippen molar-refractivity contribution in [3.05, 3.63) is 0 Å². The number of nitrogens with zero attached hydrogens (tertiary/aromatic N) is 2. The first-order valence-electron chi connectivity index (χ1n) is 3.36. The molecule has 0 amide bonds. The highest BCUT2D eigenvalue weighted by atomic mass is 14.8. The molecule has 0 unspecified atom stereocenters. The molecule has 0 aliphatic heterocycles. The number of nitrogens with one attached hydrogen (secondary N) is 1. The highest BCUT2D eigenvalue weighted by Crippen LogP contribution is 1.82. The summed E-state index contributed by atoms with van der Waals surface area (Å²) in [5.41, 5.74) is 0. The monoisotopic (exact) mass is 137 g/mol. The highest BCUT2D eigenvalue weighted by Gasteiger charge is 1.85. The van der Waals surface area contributed by atoms with Gasteiger partial charge in [-0.05, 0) is 13.0 Å². The van der Waals surface area contributed by atoms with Crippen LogP contribution < -0.4 is 5.32 Å². The first-order chi connectivity index (χ1) is 4.91. The summed E-state index contributed by atoms with van der Waals surface area (Å²) in [7, 11) is 0. The third-order valence-corrected chi connectivity index (χ3v) is 1.06. The van der Waals surface area contributed by atoms with E-state index in [1.54, 1.807) is 0 Å². The second kappa shape index (κ2) is 7.94. The Morgan fingerprint density at radius 1 is 1.00 bits per heavy atom. The summed E-state index contributed by atoms with van der Waals surface area (Å²) in [5, 5.41) is 19.3. The quantitative estimate of drug-likeness (QED) is 0.570. The van der Waals surface area contributed by atoms with E-state index >= 15 is 0 Å². The Kier molecular flexibility index (Phi) is 7.10. The lowest BCUT2D eigenvalue weighted by Crippen LogP contribution is -2.15. The van der Waals surface area contributed by atoms with Gasteiger partial charge in [0.1, 0.15) is 0 Å². The van der Waals surface area contributed by atoms with Crippen LogP contribution in [0.15, 0.2) is 0 Å². The second-order valence-electron chi connectivity index (χ2n) is 1.92. The van der Waals surface area contributed by atoms with Crippen molar-refractivity contribution in [1.29, 1.82) is 10.5 Å². The van der Waals surface area contributed by atoms with E-state index in [1.807, 2.05) is 6.07 Å². The Labute approximate surface area is 61.3 Å². The van der Waals surface area contributed by atoms with E-state index in [2.05, 4.69) is 11.4 Å². The van der Waals surface area contributed by atoms with Crippen molar-refractivity contribution in [3.8, 4) is 12.1 Å². The molecule has 0 aromatic heterocycles. The van der Waals surface area contributed by atoms with E-state index < -0.39 is 0 Å². The average Bonchev–Trinajstić information content (AvgIpc) is 1.97. The molecule has 0 heterocycles. The predicted molar refractivity (Wildman–Crippen MR) is 37.9 cm³/mol. The molecule has 0 atom stereocenters. The van der Waals surface area contributed by atoms with Gasteiger partial charge in [-0.25, -0.2) is 0 Å². The van der Waals surface area contributed by atoms with Gasteiger partial charge >= 0.3 is 0 Å². The maximum atomic E-state index is 8.14. The average molecular weight is 137 g/mol. The zero-order valence-corrected chi connectivity index (χ0v) is 5.93.